The molecule has 2 atom stereocenters. The van der Waals surface area contributed by atoms with Gasteiger partial charge in [-0.15, -0.1) is 11.3 Å². The third kappa shape index (κ3) is 2.44. The summed E-state index contributed by atoms with van der Waals surface area (Å²) in [5.41, 5.74) is 4.15. The minimum absolute atomic E-state index is 0.0917. The number of hydrazine groups is 1. The van der Waals surface area contributed by atoms with Crippen LogP contribution in [0.3, 0.4) is 0 Å². The number of nitrogens with zero attached hydrogens (tertiary/aromatic N) is 1. The first-order valence-corrected chi connectivity index (χ1v) is 6.40. The Kier molecular flexibility index (Phi) is 3.94. The zero-order chi connectivity index (χ0) is 11.5. The second-order valence-electron chi connectivity index (χ2n) is 4.25. The van der Waals surface area contributed by atoms with E-state index in [0.29, 0.717) is 0 Å². The molecular weight excluding hydrogens is 222 g/mol. The molecule has 0 aliphatic carbocycles. The van der Waals surface area contributed by atoms with Gasteiger partial charge in [0.05, 0.1) is 18.8 Å². The predicted octanol–water partition coefficient (Wildman–Crippen LogP) is 0.892. The number of ether oxygens (including phenoxy) is 1. The topological polar surface area (TPSA) is 50.5 Å². The van der Waals surface area contributed by atoms with Crippen LogP contribution >= 0.6 is 11.3 Å². The molecule has 0 spiro atoms. The molecule has 1 aromatic rings. The van der Waals surface area contributed by atoms with Gasteiger partial charge in [0.25, 0.3) is 0 Å². The fourth-order valence-electron chi connectivity index (χ4n) is 2.13. The van der Waals surface area contributed by atoms with E-state index in [1.165, 1.54) is 10.4 Å². The molecule has 1 saturated heterocycles. The fraction of sp³-hybridized carbons (Fsp3) is 0.636. The second-order valence-corrected chi connectivity index (χ2v) is 5.37. The highest BCUT2D eigenvalue weighted by Gasteiger charge is 2.28. The van der Waals surface area contributed by atoms with Gasteiger partial charge in [0, 0.05) is 18.0 Å². The molecule has 0 bridgehead atoms. The van der Waals surface area contributed by atoms with Crippen molar-refractivity contribution >= 4 is 11.3 Å². The van der Waals surface area contributed by atoms with Crippen molar-refractivity contribution in [2.45, 2.75) is 19.1 Å². The normalized spacial score (nSPS) is 24.6. The Morgan fingerprint density at radius 1 is 1.69 bits per heavy atom. The first kappa shape index (κ1) is 12.0. The Hall–Kier alpha value is -0.460. The largest absolute Gasteiger partial charge is 0.374 e. The molecule has 0 aromatic carbocycles. The van der Waals surface area contributed by atoms with Crippen LogP contribution in [0.25, 0.3) is 0 Å². The van der Waals surface area contributed by atoms with E-state index in [4.69, 9.17) is 10.6 Å². The average molecular weight is 241 g/mol. The summed E-state index contributed by atoms with van der Waals surface area (Å²) in [6.07, 6.45) is 0.136. The van der Waals surface area contributed by atoms with Gasteiger partial charge in [-0.1, -0.05) is 0 Å². The summed E-state index contributed by atoms with van der Waals surface area (Å²) in [6, 6.07) is 2.22. The molecule has 16 heavy (non-hydrogen) atoms. The quantitative estimate of drug-likeness (QED) is 0.609. The number of hydrogen-bond donors (Lipinski definition) is 2. The second kappa shape index (κ2) is 5.25. The molecule has 1 aliphatic rings. The lowest BCUT2D eigenvalue weighted by Crippen LogP contribution is -2.48. The van der Waals surface area contributed by atoms with Gasteiger partial charge in [-0.3, -0.25) is 11.3 Å². The van der Waals surface area contributed by atoms with Crippen molar-refractivity contribution in [3.05, 3.63) is 21.9 Å². The Morgan fingerprint density at radius 3 is 3.06 bits per heavy atom. The van der Waals surface area contributed by atoms with Crippen molar-refractivity contribution in [1.29, 1.82) is 0 Å². The van der Waals surface area contributed by atoms with E-state index in [0.717, 1.165) is 19.7 Å². The number of rotatable bonds is 3. The van der Waals surface area contributed by atoms with Crippen LogP contribution in [0, 0.1) is 6.92 Å². The van der Waals surface area contributed by atoms with Crippen molar-refractivity contribution in [3.63, 3.8) is 0 Å². The number of likely N-dealkylation sites (N-methyl/N-ethyl adjacent to an activating group) is 1. The summed E-state index contributed by atoms with van der Waals surface area (Å²) in [6.45, 7) is 4.82. The van der Waals surface area contributed by atoms with Crippen LogP contribution < -0.4 is 11.3 Å². The molecule has 4 nitrogen and oxygen atoms in total. The Morgan fingerprint density at radius 2 is 2.50 bits per heavy atom. The third-order valence-electron chi connectivity index (χ3n) is 3.08. The van der Waals surface area contributed by atoms with E-state index in [2.05, 4.69) is 35.7 Å². The van der Waals surface area contributed by atoms with Crippen molar-refractivity contribution < 1.29 is 4.74 Å². The third-order valence-corrected chi connectivity index (χ3v) is 3.94. The average Bonchev–Trinajstić information content (AvgIpc) is 2.67. The standard InChI is InChI=1S/C11H19N3OS/c1-8-9(3-6-16-8)11(13-12)10-7-14(2)4-5-15-10/h3,6,10-11,13H,4-5,7,12H2,1-2H3. The predicted molar refractivity (Wildman–Crippen MR) is 66.4 cm³/mol. The van der Waals surface area contributed by atoms with Gasteiger partial charge in [-0.25, -0.2) is 0 Å². The molecule has 90 valence electrons. The maximum atomic E-state index is 5.80. The minimum atomic E-state index is 0.0917. The number of morpholine rings is 1. The molecule has 1 fully saturated rings. The first-order valence-electron chi connectivity index (χ1n) is 5.52. The van der Waals surface area contributed by atoms with Crippen LogP contribution in [0.5, 0.6) is 0 Å². The first-order chi connectivity index (χ1) is 7.72. The molecule has 1 aromatic heterocycles. The lowest BCUT2D eigenvalue weighted by molar-refractivity contribution is -0.0393. The Balaban J connectivity index is 2.13. The van der Waals surface area contributed by atoms with Gasteiger partial charge in [0.1, 0.15) is 0 Å². The van der Waals surface area contributed by atoms with E-state index in [1.54, 1.807) is 11.3 Å². The molecule has 0 amide bonds. The number of nitrogens with two attached hydrogens (primary N) is 1. The maximum Gasteiger partial charge on any atom is 0.0910 e. The van der Waals surface area contributed by atoms with E-state index in [-0.39, 0.29) is 12.1 Å². The highest BCUT2D eigenvalue weighted by atomic mass is 32.1. The van der Waals surface area contributed by atoms with E-state index in [1.807, 2.05) is 0 Å². The zero-order valence-corrected chi connectivity index (χ0v) is 10.6. The lowest BCUT2D eigenvalue weighted by atomic mass is 10.0. The monoisotopic (exact) mass is 241 g/mol. The van der Waals surface area contributed by atoms with Crippen LogP contribution in [-0.2, 0) is 4.74 Å². The van der Waals surface area contributed by atoms with Crippen molar-refractivity contribution in [2.24, 2.45) is 5.84 Å². The van der Waals surface area contributed by atoms with Gasteiger partial charge in [-0.2, -0.15) is 0 Å². The summed E-state index contributed by atoms with van der Waals surface area (Å²) in [5.74, 6) is 5.67. The lowest BCUT2D eigenvalue weighted by Gasteiger charge is -2.35. The number of nitrogens with one attached hydrogen (secondary N) is 1. The van der Waals surface area contributed by atoms with Crippen LogP contribution in [0.1, 0.15) is 16.5 Å². The maximum absolute atomic E-state index is 5.80. The highest BCUT2D eigenvalue weighted by molar-refractivity contribution is 7.10. The van der Waals surface area contributed by atoms with Gasteiger partial charge in [0.15, 0.2) is 0 Å². The van der Waals surface area contributed by atoms with Crippen LogP contribution in [0.2, 0.25) is 0 Å². The molecule has 0 saturated carbocycles. The van der Waals surface area contributed by atoms with Gasteiger partial charge >= 0.3 is 0 Å². The summed E-state index contributed by atoms with van der Waals surface area (Å²) in [4.78, 5) is 3.58. The molecule has 2 unspecified atom stereocenters. The van der Waals surface area contributed by atoms with Crippen LogP contribution in [0.4, 0.5) is 0 Å². The Bertz CT molecular complexity index is 342. The summed E-state index contributed by atoms with van der Waals surface area (Å²) in [5, 5.41) is 2.10. The van der Waals surface area contributed by atoms with Crippen LogP contribution in [0.15, 0.2) is 11.4 Å². The zero-order valence-electron chi connectivity index (χ0n) is 9.77. The molecular formula is C11H19N3OS. The van der Waals surface area contributed by atoms with Gasteiger partial charge < -0.3 is 9.64 Å². The Labute approximate surface area is 100 Å². The SMILES string of the molecule is Cc1sccc1C(NN)C1CN(C)CCO1. The highest BCUT2D eigenvalue weighted by Crippen LogP contribution is 2.27. The number of aryl methyl sites for hydroxylation is 1. The van der Waals surface area contributed by atoms with Crippen LogP contribution in [-0.4, -0.2) is 37.7 Å². The molecule has 5 heteroatoms. The van der Waals surface area contributed by atoms with E-state index < -0.39 is 0 Å². The molecule has 2 rings (SSSR count). The van der Waals surface area contributed by atoms with Crippen molar-refractivity contribution in [1.82, 2.24) is 10.3 Å². The molecule has 3 N–H and O–H groups in total. The molecule has 1 aliphatic heterocycles. The molecule has 2 heterocycles. The summed E-state index contributed by atoms with van der Waals surface area (Å²) in [7, 11) is 2.11. The van der Waals surface area contributed by atoms with E-state index >= 15 is 0 Å². The van der Waals surface area contributed by atoms with E-state index in [9.17, 15) is 0 Å². The number of hydrogen-bond acceptors (Lipinski definition) is 5. The molecule has 0 radical (unpaired) electrons. The van der Waals surface area contributed by atoms with Gasteiger partial charge in [0.2, 0.25) is 0 Å². The minimum Gasteiger partial charge on any atom is -0.374 e. The number of thiophene rings is 1. The van der Waals surface area contributed by atoms with Gasteiger partial charge in [-0.05, 0) is 31.0 Å². The fourth-order valence-corrected chi connectivity index (χ4v) is 2.88. The smallest absolute Gasteiger partial charge is 0.0910 e. The van der Waals surface area contributed by atoms with Crippen molar-refractivity contribution in [2.75, 3.05) is 26.7 Å². The summed E-state index contributed by atoms with van der Waals surface area (Å²) < 4.78 is 5.80. The summed E-state index contributed by atoms with van der Waals surface area (Å²) >= 11 is 1.75. The van der Waals surface area contributed by atoms with Crippen molar-refractivity contribution in [3.8, 4) is 0 Å².